The van der Waals surface area contributed by atoms with Gasteiger partial charge in [-0.05, 0) is 24.3 Å². The molecule has 2 aromatic carbocycles. The number of methoxy groups -OCH3 is 1. The number of carbonyl (C=O) groups is 3. The highest BCUT2D eigenvalue weighted by Crippen LogP contribution is 2.17. The zero-order valence-corrected chi connectivity index (χ0v) is 13.8. The highest BCUT2D eigenvalue weighted by Gasteiger charge is 2.16. The minimum atomic E-state index is -0.739. The van der Waals surface area contributed by atoms with Gasteiger partial charge in [-0.25, -0.2) is 4.79 Å². The van der Waals surface area contributed by atoms with Crippen molar-refractivity contribution in [1.29, 1.82) is 0 Å². The second-order valence-electron chi connectivity index (χ2n) is 5.33. The van der Waals surface area contributed by atoms with E-state index in [4.69, 9.17) is 9.47 Å². The van der Waals surface area contributed by atoms with Crippen molar-refractivity contribution < 1.29 is 23.9 Å². The summed E-state index contributed by atoms with van der Waals surface area (Å²) in [7, 11) is 1.42. The summed E-state index contributed by atoms with van der Waals surface area (Å²) in [5.74, 6) is -1.72. The van der Waals surface area contributed by atoms with Crippen LogP contribution in [0.3, 0.4) is 0 Å². The number of para-hydroxylation sites is 1. The summed E-state index contributed by atoms with van der Waals surface area (Å²) in [6, 6.07) is 11.3. The lowest BCUT2D eigenvalue weighted by Gasteiger charge is -2.08. The fourth-order valence-corrected chi connectivity index (χ4v) is 2.34. The lowest BCUT2D eigenvalue weighted by atomic mass is 10.2. The number of carbonyl (C=O) groups excluding carboxylic acids is 3. The van der Waals surface area contributed by atoms with Gasteiger partial charge in [0.2, 0.25) is 0 Å². The van der Waals surface area contributed by atoms with Gasteiger partial charge in [-0.2, -0.15) is 5.10 Å². The zero-order valence-electron chi connectivity index (χ0n) is 13.8. The average Bonchev–Trinajstić information content (AvgIpc) is 3.13. The Kier molecular flexibility index (Phi) is 4.93. The summed E-state index contributed by atoms with van der Waals surface area (Å²) >= 11 is 0. The number of H-pyrrole nitrogens is 1. The first-order valence-corrected chi connectivity index (χ1v) is 7.66. The molecule has 8 heteroatoms. The van der Waals surface area contributed by atoms with Gasteiger partial charge in [0.1, 0.15) is 5.75 Å². The minimum absolute atomic E-state index is 0.208. The SMILES string of the molecule is COc1ccccc1C(=O)NC(=O)COC(=O)c1ccc2cn[nH]c2c1. The Labute approximate surface area is 148 Å². The highest BCUT2D eigenvalue weighted by molar-refractivity contribution is 6.07. The molecule has 3 aromatic rings. The fraction of sp³-hybridized carbons (Fsp3) is 0.111. The van der Waals surface area contributed by atoms with E-state index in [-0.39, 0.29) is 11.1 Å². The van der Waals surface area contributed by atoms with Gasteiger partial charge in [0.05, 0.1) is 30.0 Å². The number of esters is 1. The molecule has 26 heavy (non-hydrogen) atoms. The lowest BCUT2D eigenvalue weighted by Crippen LogP contribution is -2.34. The van der Waals surface area contributed by atoms with Gasteiger partial charge in [-0.1, -0.05) is 18.2 Å². The molecule has 3 rings (SSSR count). The summed E-state index contributed by atoms with van der Waals surface area (Å²) in [4.78, 5) is 36.0. The first-order chi connectivity index (χ1) is 12.6. The molecule has 0 saturated heterocycles. The molecule has 1 aromatic heterocycles. The molecule has 8 nitrogen and oxygen atoms in total. The van der Waals surface area contributed by atoms with Crippen LogP contribution in [0.4, 0.5) is 0 Å². The summed E-state index contributed by atoms with van der Waals surface area (Å²) in [5.41, 5.74) is 1.15. The van der Waals surface area contributed by atoms with E-state index in [0.717, 1.165) is 5.39 Å². The van der Waals surface area contributed by atoms with Gasteiger partial charge in [0.25, 0.3) is 11.8 Å². The Morgan fingerprint density at radius 1 is 1.15 bits per heavy atom. The zero-order chi connectivity index (χ0) is 18.5. The van der Waals surface area contributed by atoms with Gasteiger partial charge in [0.15, 0.2) is 6.61 Å². The number of hydrogen-bond donors (Lipinski definition) is 2. The van der Waals surface area contributed by atoms with Gasteiger partial charge < -0.3 is 9.47 Å². The Morgan fingerprint density at radius 3 is 2.77 bits per heavy atom. The maximum Gasteiger partial charge on any atom is 0.338 e. The highest BCUT2D eigenvalue weighted by atomic mass is 16.5. The van der Waals surface area contributed by atoms with Crippen LogP contribution in [0, 0.1) is 0 Å². The molecular formula is C18H15N3O5. The number of amides is 2. The summed E-state index contributed by atoms with van der Waals surface area (Å²) < 4.78 is 10.0. The summed E-state index contributed by atoms with van der Waals surface area (Å²) in [5, 5.41) is 9.60. The van der Waals surface area contributed by atoms with Crippen LogP contribution in [-0.2, 0) is 9.53 Å². The first kappa shape index (κ1) is 17.2. The van der Waals surface area contributed by atoms with Crippen molar-refractivity contribution in [1.82, 2.24) is 15.5 Å². The van der Waals surface area contributed by atoms with Crippen molar-refractivity contribution in [2.45, 2.75) is 0 Å². The van der Waals surface area contributed by atoms with Gasteiger partial charge in [-0.15, -0.1) is 0 Å². The molecular weight excluding hydrogens is 338 g/mol. The monoisotopic (exact) mass is 353 g/mol. The molecule has 0 radical (unpaired) electrons. The third kappa shape index (κ3) is 3.69. The fourth-order valence-electron chi connectivity index (χ4n) is 2.34. The molecule has 0 aliphatic carbocycles. The predicted octanol–water partition coefficient (Wildman–Crippen LogP) is 1.68. The molecule has 0 saturated carbocycles. The molecule has 0 spiro atoms. The molecule has 0 fully saturated rings. The number of aromatic amines is 1. The van der Waals surface area contributed by atoms with Crippen LogP contribution in [-0.4, -0.2) is 41.7 Å². The topological polar surface area (TPSA) is 110 Å². The molecule has 0 aliphatic heterocycles. The lowest BCUT2D eigenvalue weighted by molar-refractivity contribution is -0.123. The van der Waals surface area contributed by atoms with Gasteiger partial charge >= 0.3 is 5.97 Å². The van der Waals surface area contributed by atoms with Gasteiger partial charge in [0, 0.05) is 5.39 Å². The van der Waals surface area contributed by atoms with Crippen LogP contribution in [0.15, 0.2) is 48.7 Å². The smallest absolute Gasteiger partial charge is 0.338 e. The number of nitrogens with one attached hydrogen (secondary N) is 2. The second-order valence-corrected chi connectivity index (χ2v) is 5.33. The molecule has 0 bridgehead atoms. The number of rotatable bonds is 5. The van der Waals surface area contributed by atoms with Crippen LogP contribution in [0.25, 0.3) is 10.9 Å². The maximum absolute atomic E-state index is 12.1. The third-order valence-electron chi connectivity index (χ3n) is 3.62. The van der Waals surface area contributed by atoms with Crippen molar-refractivity contribution >= 4 is 28.7 Å². The maximum atomic E-state index is 12.1. The average molecular weight is 353 g/mol. The number of aromatic nitrogens is 2. The number of hydrogen-bond acceptors (Lipinski definition) is 6. The first-order valence-electron chi connectivity index (χ1n) is 7.66. The van der Waals surface area contributed by atoms with E-state index in [2.05, 4.69) is 15.5 Å². The molecule has 132 valence electrons. The largest absolute Gasteiger partial charge is 0.496 e. The van der Waals surface area contributed by atoms with Crippen LogP contribution in [0.1, 0.15) is 20.7 Å². The molecule has 0 aliphatic rings. The second kappa shape index (κ2) is 7.47. The standard InChI is InChI=1S/C18H15N3O5/c1-25-15-5-3-2-4-13(15)17(23)20-16(22)10-26-18(24)11-6-7-12-9-19-21-14(12)8-11/h2-9H,10H2,1H3,(H,19,21)(H,20,22,23). The number of benzene rings is 2. The van der Waals surface area contributed by atoms with Crippen molar-refractivity contribution in [3.8, 4) is 5.75 Å². The van der Waals surface area contributed by atoms with Crippen molar-refractivity contribution in [2.75, 3.05) is 13.7 Å². The summed E-state index contributed by atoms with van der Waals surface area (Å²) in [6.45, 7) is -0.583. The molecule has 0 atom stereocenters. The van der Waals surface area contributed by atoms with E-state index in [9.17, 15) is 14.4 Å². The number of fused-ring (bicyclic) bond motifs is 1. The van der Waals surface area contributed by atoms with E-state index < -0.39 is 24.4 Å². The number of ether oxygens (including phenoxy) is 2. The minimum Gasteiger partial charge on any atom is -0.496 e. The Hall–Kier alpha value is -3.68. The molecule has 2 amide bonds. The predicted molar refractivity (Wildman–Crippen MR) is 91.8 cm³/mol. The molecule has 0 unspecified atom stereocenters. The van der Waals surface area contributed by atoms with E-state index >= 15 is 0 Å². The van der Waals surface area contributed by atoms with Crippen LogP contribution in [0.2, 0.25) is 0 Å². The molecule has 2 N–H and O–H groups in total. The van der Waals surface area contributed by atoms with Crippen LogP contribution < -0.4 is 10.1 Å². The van der Waals surface area contributed by atoms with Crippen LogP contribution in [0.5, 0.6) is 5.75 Å². The van der Waals surface area contributed by atoms with E-state index in [1.165, 1.54) is 13.2 Å². The van der Waals surface area contributed by atoms with Crippen molar-refractivity contribution in [2.24, 2.45) is 0 Å². The van der Waals surface area contributed by atoms with Gasteiger partial charge in [-0.3, -0.25) is 20.0 Å². The number of imide groups is 1. The summed E-state index contributed by atoms with van der Waals surface area (Å²) in [6.07, 6.45) is 1.63. The third-order valence-corrected chi connectivity index (χ3v) is 3.62. The Balaban J connectivity index is 1.58. The Bertz CT molecular complexity index is 980. The normalized spacial score (nSPS) is 10.3. The molecule has 1 heterocycles. The van der Waals surface area contributed by atoms with E-state index in [1.54, 1.807) is 42.6 Å². The Morgan fingerprint density at radius 2 is 1.96 bits per heavy atom. The van der Waals surface area contributed by atoms with Crippen molar-refractivity contribution in [3.63, 3.8) is 0 Å². The van der Waals surface area contributed by atoms with Crippen LogP contribution >= 0.6 is 0 Å². The van der Waals surface area contributed by atoms with E-state index in [1.807, 2.05) is 0 Å². The quantitative estimate of drug-likeness (QED) is 0.675. The van der Waals surface area contributed by atoms with Crippen molar-refractivity contribution in [3.05, 3.63) is 59.8 Å². The van der Waals surface area contributed by atoms with E-state index in [0.29, 0.717) is 11.3 Å². The number of nitrogens with zero attached hydrogens (tertiary/aromatic N) is 1.